The Bertz CT molecular complexity index is 681. The van der Waals surface area contributed by atoms with Crippen LogP contribution in [0.25, 0.3) is 5.57 Å². The van der Waals surface area contributed by atoms with Crippen molar-refractivity contribution in [1.29, 1.82) is 0 Å². The second-order valence-electron chi connectivity index (χ2n) is 8.59. The average molecular weight is 447 g/mol. The fraction of sp³-hybridized carbons (Fsp3) is 0.538. The maximum atomic E-state index is 4.74. The van der Waals surface area contributed by atoms with Crippen LogP contribution in [0.15, 0.2) is 49.2 Å². The molecule has 0 atom stereocenters. The number of nitrogens with zero attached hydrogens (tertiary/aromatic N) is 2. The summed E-state index contributed by atoms with van der Waals surface area (Å²) in [7, 11) is 0. The molecule has 2 aromatic rings. The van der Waals surface area contributed by atoms with Gasteiger partial charge in [-0.05, 0) is 36.3 Å². The third-order valence-corrected chi connectivity index (χ3v) is 6.24. The number of allylic oxidation sites excluding steroid dienone is 1. The van der Waals surface area contributed by atoms with E-state index in [1.165, 1.54) is 11.4 Å². The summed E-state index contributed by atoms with van der Waals surface area (Å²) in [6, 6.07) is 12.2. The number of hydrogen-bond acceptors (Lipinski definition) is 4. The van der Waals surface area contributed by atoms with Crippen molar-refractivity contribution in [3.63, 3.8) is 0 Å². The quantitative estimate of drug-likeness (QED) is 0.443. The van der Waals surface area contributed by atoms with E-state index in [0.717, 1.165) is 29.2 Å². The second kappa shape index (κ2) is 14.7. The van der Waals surface area contributed by atoms with Crippen LogP contribution in [0.1, 0.15) is 85.8 Å². The van der Waals surface area contributed by atoms with Gasteiger partial charge in [0.1, 0.15) is 0 Å². The highest BCUT2D eigenvalue weighted by atomic mass is 32.2. The van der Waals surface area contributed by atoms with Crippen LogP contribution in [0.5, 0.6) is 0 Å². The molecule has 0 aliphatic heterocycles. The van der Waals surface area contributed by atoms with E-state index >= 15 is 0 Å². The number of pyridine rings is 2. The SMILES string of the molecule is C=C(CC)c1ccccn1.CC.CC(C)(C)SCc1cccc(CSC(C)(C)C)n1. The molecule has 168 valence electrons. The van der Waals surface area contributed by atoms with Gasteiger partial charge in [-0.25, -0.2) is 0 Å². The van der Waals surface area contributed by atoms with E-state index in [9.17, 15) is 0 Å². The zero-order valence-electron chi connectivity index (χ0n) is 20.6. The van der Waals surface area contributed by atoms with Crippen LogP contribution in [0.3, 0.4) is 0 Å². The summed E-state index contributed by atoms with van der Waals surface area (Å²) in [6.45, 7) is 23.4. The van der Waals surface area contributed by atoms with Crippen molar-refractivity contribution in [2.75, 3.05) is 0 Å². The molecule has 2 nitrogen and oxygen atoms in total. The number of thioether (sulfide) groups is 2. The third kappa shape index (κ3) is 14.7. The summed E-state index contributed by atoms with van der Waals surface area (Å²) >= 11 is 3.90. The van der Waals surface area contributed by atoms with Crippen molar-refractivity contribution in [1.82, 2.24) is 9.97 Å². The van der Waals surface area contributed by atoms with Crippen LogP contribution in [-0.4, -0.2) is 19.5 Å². The maximum absolute atomic E-state index is 4.74. The Morgan fingerprint density at radius 1 is 0.833 bits per heavy atom. The zero-order chi connectivity index (χ0) is 23.2. The van der Waals surface area contributed by atoms with Gasteiger partial charge >= 0.3 is 0 Å². The molecule has 4 heteroatoms. The molecule has 0 fully saturated rings. The van der Waals surface area contributed by atoms with Crippen LogP contribution in [0, 0.1) is 0 Å². The topological polar surface area (TPSA) is 25.8 Å². The Morgan fingerprint density at radius 2 is 1.33 bits per heavy atom. The van der Waals surface area contributed by atoms with Crippen molar-refractivity contribution in [3.05, 3.63) is 66.3 Å². The predicted molar refractivity (Wildman–Crippen MR) is 141 cm³/mol. The lowest BCUT2D eigenvalue weighted by molar-refractivity contribution is 0.800. The molecule has 0 amide bonds. The number of hydrogen-bond donors (Lipinski definition) is 0. The molecule has 0 radical (unpaired) electrons. The van der Waals surface area contributed by atoms with E-state index in [1.54, 1.807) is 6.20 Å². The predicted octanol–water partition coefficient (Wildman–Crippen LogP) is 8.68. The normalized spacial score (nSPS) is 11.0. The van der Waals surface area contributed by atoms with Crippen LogP contribution in [-0.2, 0) is 11.5 Å². The van der Waals surface area contributed by atoms with Gasteiger partial charge in [-0.15, -0.1) is 23.5 Å². The first kappa shape index (κ1) is 28.7. The van der Waals surface area contributed by atoms with Gasteiger partial charge in [0.25, 0.3) is 0 Å². The highest BCUT2D eigenvalue weighted by Crippen LogP contribution is 2.28. The lowest BCUT2D eigenvalue weighted by Crippen LogP contribution is -2.09. The van der Waals surface area contributed by atoms with Gasteiger partial charge in [0.05, 0.1) is 17.1 Å². The van der Waals surface area contributed by atoms with E-state index in [1.807, 2.05) is 55.6 Å². The minimum absolute atomic E-state index is 0.303. The standard InChI is InChI=1S/C15H25NS2.C9H11N.C2H6/c1-14(2,3)17-10-12-8-7-9-13(16-12)11-18-15(4,5)6;1-3-8(2)9-6-4-5-7-10-9;1-2/h7-9H,10-11H2,1-6H3;4-7H,2-3H2,1H3;1-2H3. The smallest absolute Gasteiger partial charge is 0.0655 e. The van der Waals surface area contributed by atoms with E-state index in [4.69, 9.17) is 4.98 Å². The molecule has 0 N–H and O–H groups in total. The van der Waals surface area contributed by atoms with Gasteiger partial charge in [0.2, 0.25) is 0 Å². The van der Waals surface area contributed by atoms with Crippen LogP contribution in [0.4, 0.5) is 0 Å². The Morgan fingerprint density at radius 3 is 1.70 bits per heavy atom. The molecule has 2 rings (SSSR count). The van der Waals surface area contributed by atoms with Crippen LogP contribution in [0.2, 0.25) is 0 Å². The molecular weight excluding hydrogens is 404 g/mol. The number of rotatable bonds is 6. The van der Waals surface area contributed by atoms with Crippen molar-refractivity contribution in [2.24, 2.45) is 0 Å². The van der Waals surface area contributed by atoms with Crippen LogP contribution < -0.4 is 0 Å². The van der Waals surface area contributed by atoms with E-state index in [0.29, 0.717) is 9.49 Å². The summed E-state index contributed by atoms with van der Waals surface area (Å²) in [5.41, 5.74) is 4.49. The molecule has 0 saturated heterocycles. The summed E-state index contributed by atoms with van der Waals surface area (Å²) in [4.78, 5) is 8.89. The average Bonchev–Trinajstić information content (AvgIpc) is 2.72. The largest absolute Gasteiger partial charge is 0.257 e. The van der Waals surface area contributed by atoms with E-state index < -0.39 is 0 Å². The van der Waals surface area contributed by atoms with Gasteiger partial charge in [-0.1, -0.05) is 81.0 Å². The third-order valence-electron chi connectivity index (χ3n) is 3.62. The monoisotopic (exact) mass is 446 g/mol. The zero-order valence-corrected chi connectivity index (χ0v) is 22.2. The Labute approximate surface area is 194 Å². The molecule has 2 heterocycles. The van der Waals surface area contributed by atoms with Crippen molar-refractivity contribution in [3.8, 4) is 0 Å². The highest BCUT2D eigenvalue weighted by Gasteiger charge is 2.13. The second-order valence-corrected chi connectivity index (χ2v) is 12.2. The molecule has 0 aliphatic rings. The molecular formula is C26H42N2S2. The fourth-order valence-corrected chi connectivity index (χ4v) is 3.51. The van der Waals surface area contributed by atoms with Gasteiger partial charge < -0.3 is 0 Å². The summed E-state index contributed by atoms with van der Waals surface area (Å²) in [5.74, 6) is 2.00. The summed E-state index contributed by atoms with van der Waals surface area (Å²) in [5, 5.41) is 0. The van der Waals surface area contributed by atoms with Crippen molar-refractivity contribution >= 4 is 29.1 Å². The lowest BCUT2D eigenvalue weighted by atomic mass is 10.1. The minimum Gasteiger partial charge on any atom is -0.257 e. The lowest BCUT2D eigenvalue weighted by Gasteiger charge is -2.18. The molecule has 0 spiro atoms. The maximum Gasteiger partial charge on any atom is 0.0655 e. The molecule has 2 aromatic heterocycles. The van der Waals surface area contributed by atoms with Gasteiger partial charge in [0, 0.05) is 27.2 Å². The number of aromatic nitrogens is 2. The first-order valence-corrected chi connectivity index (χ1v) is 12.8. The first-order valence-electron chi connectivity index (χ1n) is 10.8. The molecule has 0 bridgehead atoms. The first-order chi connectivity index (χ1) is 14.0. The molecule has 0 unspecified atom stereocenters. The van der Waals surface area contributed by atoms with Crippen molar-refractivity contribution in [2.45, 2.75) is 89.7 Å². The summed E-state index contributed by atoms with van der Waals surface area (Å²) in [6.07, 6.45) is 2.76. The Balaban J connectivity index is 0.000000590. The Hall–Kier alpha value is -1.26. The van der Waals surface area contributed by atoms with E-state index in [2.05, 4.69) is 78.2 Å². The van der Waals surface area contributed by atoms with Crippen LogP contribution >= 0.6 is 23.5 Å². The molecule has 0 aliphatic carbocycles. The fourth-order valence-electron chi connectivity index (χ4n) is 2.02. The minimum atomic E-state index is 0.303. The van der Waals surface area contributed by atoms with E-state index in [-0.39, 0.29) is 0 Å². The highest BCUT2D eigenvalue weighted by molar-refractivity contribution is 8.00. The molecule has 30 heavy (non-hydrogen) atoms. The van der Waals surface area contributed by atoms with Crippen molar-refractivity contribution < 1.29 is 0 Å². The van der Waals surface area contributed by atoms with Gasteiger partial charge in [-0.3, -0.25) is 9.97 Å². The Kier molecular flexibility index (Phi) is 14.1. The molecule has 0 aromatic carbocycles. The molecule has 0 saturated carbocycles. The van der Waals surface area contributed by atoms with Gasteiger partial charge in [-0.2, -0.15) is 0 Å². The van der Waals surface area contributed by atoms with Gasteiger partial charge in [0.15, 0.2) is 0 Å². The summed E-state index contributed by atoms with van der Waals surface area (Å²) < 4.78 is 0.607.